The van der Waals surface area contributed by atoms with Gasteiger partial charge in [-0.1, -0.05) is 6.42 Å². The second kappa shape index (κ2) is 10.2. The first kappa shape index (κ1) is 22.4. The summed E-state index contributed by atoms with van der Waals surface area (Å²) in [6.07, 6.45) is 10.5. The van der Waals surface area contributed by atoms with Crippen molar-refractivity contribution in [3.05, 3.63) is 0 Å². The smallest absolute Gasteiger partial charge is 0.164 e. The predicted molar refractivity (Wildman–Crippen MR) is 111 cm³/mol. The van der Waals surface area contributed by atoms with Crippen LogP contribution in [0.4, 0.5) is 0 Å². The molecule has 6 heteroatoms. The molecule has 2 saturated heterocycles. The molecule has 170 valence electrons. The number of Topliss-reactive ketones (excluding diaryl/α,β-unsaturated/α-hetero) is 2. The summed E-state index contributed by atoms with van der Waals surface area (Å²) in [4.78, 5) is 24.8. The van der Waals surface area contributed by atoms with E-state index in [0.29, 0.717) is 50.0 Å². The summed E-state index contributed by atoms with van der Waals surface area (Å²) in [5, 5.41) is 0. The standard InChI is InChI=1S/C24H38O6/c1-15(28-14-17-7-9-20-22(12-17)29-20)19(25)6-4-3-5-11-27-16(2)24(26)18-8-10-21-23(13-18)30-21/h15-18,20-23H,3-14H2,1-2H3. The molecule has 30 heavy (non-hydrogen) atoms. The molecule has 2 aliphatic carbocycles. The van der Waals surface area contributed by atoms with Gasteiger partial charge in [0.1, 0.15) is 12.2 Å². The van der Waals surface area contributed by atoms with Crippen LogP contribution in [0.25, 0.3) is 0 Å². The summed E-state index contributed by atoms with van der Waals surface area (Å²) in [5.74, 6) is 1.06. The van der Waals surface area contributed by atoms with Gasteiger partial charge in [0.05, 0.1) is 31.0 Å². The van der Waals surface area contributed by atoms with Crippen molar-refractivity contribution in [2.24, 2.45) is 11.8 Å². The number of rotatable bonds is 13. The highest BCUT2D eigenvalue weighted by Crippen LogP contribution is 2.40. The lowest BCUT2D eigenvalue weighted by Gasteiger charge is -2.21. The van der Waals surface area contributed by atoms with E-state index in [1.807, 2.05) is 13.8 Å². The molecule has 8 unspecified atom stereocenters. The van der Waals surface area contributed by atoms with Gasteiger partial charge in [0.15, 0.2) is 11.6 Å². The van der Waals surface area contributed by atoms with E-state index in [9.17, 15) is 9.59 Å². The van der Waals surface area contributed by atoms with Crippen LogP contribution in [0.1, 0.15) is 78.1 Å². The first-order chi connectivity index (χ1) is 14.5. The molecule has 0 bridgehead atoms. The van der Waals surface area contributed by atoms with E-state index in [-0.39, 0.29) is 29.7 Å². The molecule has 0 aromatic carbocycles. The molecule has 2 heterocycles. The van der Waals surface area contributed by atoms with Crippen LogP contribution in [0.3, 0.4) is 0 Å². The maximum atomic E-state index is 12.5. The molecule has 6 nitrogen and oxygen atoms in total. The highest BCUT2D eigenvalue weighted by Gasteiger charge is 2.46. The molecule has 0 N–H and O–H groups in total. The minimum atomic E-state index is -0.337. The van der Waals surface area contributed by atoms with Crippen molar-refractivity contribution < 1.29 is 28.5 Å². The number of carbonyl (C=O) groups excluding carboxylic acids is 2. The molecule has 4 aliphatic rings. The molecule has 2 saturated carbocycles. The number of epoxide rings is 2. The van der Waals surface area contributed by atoms with Crippen LogP contribution in [-0.2, 0) is 28.5 Å². The third kappa shape index (κ3) is 6.12. The lowest BCUT2D eigenvalue weighted by atomic mass is 9.85. The number of ether oxygens (including phenoxy) is 4. The number of hydrogen-bond acceptors (Lipinski definition) is 6. The first-order valence-electron chi connectivity index (χ1n) is 12.1. The fourth-order valence-corrected chi connectivity index (χ4v) is 5.13. The number of unbranched alkanes of at least 4 members (excludes halogenated alkanes) is 2. The molecule has 0 aromatic rings. The SMILES string of the molecule is CC(OCC1CCC2OC2C1)C(=O)CCCCCOC(C)C(=O)C1CCC2OC2C1. The Bertz CT molecular complexity index is 607. The van der Waals surface area contributed by atoms with Gasteiger partial charge in [-0.25, -0.2) is 0 Å². The van der Waals surface area contributed by atoms with Gasteiger partial charge >= 0.3 is 0 Å². The van der Waals surface area contributed by atoms with Gasteiger partial charge < -0.3 is 18.9 Å². The Morgan fingerprint density at radius 3 is 2.30 bits per heavy atom. The molecule has 0 radical (unpaired) electrons. The Morgan fingerprint density at radius 2 is 1.57 bits per heavy atom. The van der Waals surface area contributed by atoms with Gasteiger partial charge in [-0.15, -0.1) is 0 Å². The lowest BCUT2D eigenvalue weighted by molar-refractivity contribution is -0.134. The zero-order valence-electron chi connectivity index (χ0n) is 18.6. The predicted octanol–water partition coefficient (Wildman–Crippen LogP) is 3.63. The topological polar surface area (TPSA) is 77.7 Å². The van der Waals surface area contributed by atoms with Crippen LogP contribution in [0, 0.1) is 11.8 Å². The fraction of sp³-hybridized carbons (Fsp3) is 0.917. The van der Waals surface area contributed by atoms with Crippen LogP contribution in [-0.4, -0.2) is 61.4 Å². The van der Waals surface area contributed by atoms with Gasteiger partial charge in [-0.05, 0) is 71.1 Å². The minimum Gasteiger partial charge on any atom is -0.371 e. The van der Waals surface area contributed by atoms with Gasteiger partial charge in [0.2, 0.25) is 0 Å². The van der Waals surface area contributed by atoms with E-state index in [1.165, 1.54) is 0 Å². The largest absolute Gasteiger partial charge is 0.371 e. The lowest BCUT2D eigenvalue weighted by Crippen LogP contribution is -2.31. The third-order valence-electron chi connectivity index (χ3n) is 7.39. The summed E-state index contributed by atoms with van der Waals surface area (Å²) in [5.41, 5.74) is 0. The Balaban J connectivity index is 1.00. The molecule has 4 fully saturated rings. The Kier molecular flexibility index (Phi) is 7.61. The van der Waals surface area contributed by atoms with Crippen molar-refractivity contribution in [3.63, 3.8) is 0 Å². The molecule has 2 aliphatic heterocycles. The van der Waals surface area contributed by atoms with Gasteiger partial charge in [0.25, 0.3) is 0 Å². The molecular formula is C24H38O6. The van der Waals surface area contributed by atoms with Crippen molar-refractivity contribution in [3.8, 4) is 0 Å². The second-order valence-corrected chi connectivity index (χ2v) is 9.78. The van der Waals surface area contributed by atoms with Crippen molar-refractivity contribution in [1.29, 1.82) is 0 Å². The van der Waals surface area contributed by atoms with Crippen molar-refractivity contribution in [2.75, 3.05) is 13.2 Å². The third-order valence-corrected chi connectivity index (χ3v) is 7.39. The summed E-state index contributed by atoms with van der Waals surface area (Å²) < 4.78 is 22.7. The van der Waals surface area contributed by atoms with Crippen LogP contribution >= 0.6 is 0 Å². The highest BCUT2D eigenvalue weighted by atomic mass is 16.6. The first-order valence-corrected chi connectivity index (χ1v) is 12.1. The monoisotopic (exact) mass is 422 g/mol. The molecule has 8 atom stereocenters. The van der Waals surface area contributed by atoms with E-state index < -0.39 is 0 Å². The number of ketones is 2. The Labute approximate surface area is 180 Å². The maximum Gasteiger partial charge on any atom is 0.164 e. The van der Waals surface area contributed by atoms with Crippen molar-refractivity contribution in [1.82, 2.24) is 0 Å². The fourth-order valence-electron chi connectivity index (χ4n) is 5.13. The molecular weight excluding hydrogens is 384 g/mol. The number of fused-ring (bicyclic) bond motifs is 2. The average molecular weight is 423 g/mol. The van der Waals surface area contributed by atoms with Crippen molar-refractivity contribution in [2.45, 2.75) is 115 Å². The summed E-state index contributed by atoms with van der Waals surface area (Å²) in [7, 11) is 0. The quantitative estimate of drug-likeness (QED) is 0.333. The van der Waals surface area contributed by atoms with E-state index >= 15 is 0 Å². The second-order valence-electron chi connectivity index (χ2n) is 9.78. The van der Waals surface area contributed by atoms with E-state index in [0.717, 1.165) is 57.8 Å². The van der Waals surface area contributed by atoms with E-state index in [2.05, 4.69) is 0 Å². The van der Waals surface area contributed by atoms with Gasteiger partial charge in [-0.2, -0.15) is 0 Å². The minimum absolute atomic E-state index is 0.106. The van der Waals surface area contributed by atoms with Crippen LogP contribution in [0.15, 0.2) is 0 Å². The molecule has 0 aromatic heterocycles. The zero-order valence-corrected chi connectivity index (χ0v) is 18.6. The van der Waals surface area contributed by atoms with Crippen LogP contribution < -0.4 is 0 Å². The Morgan fingerprint density at radius 1 is 0.833 bits per heavy atom. The highest BCUT2D eigenvalue weighted by molar-refractivity contribution is 5.85. The van der Waals surface area contributed by atoms with Crippen molar-refractivity contribution >= 4 is 11.6 Å². The van der Waals surface area contributed by atoms with Gasteiger partial charge in [0, 0.05) is 18.9 Å². The molecule has 0 spiro atoms. The van der Waals surface area contributed by atoms with E-state index in [1.54, 1.807) is 0 Å². The summed E-state index contributed by atoms with van der Waals surface area (Å²) in [6, 6.07) is 0. The van der Waals surface area contributed by atoms with E-state index in [4.69, 9.17) is 18.9 Å². The Hall–Kier alpha value is -0.820. The number of hydrogen-bond donors (Lipinski definition) is 0. The number of carbonyl (C=O) groups is 2. The summed E-state index contributed by atoms with van der Waals surface area (Å²) >= 11 is 0. The molecule has 4 rings (SSSR count). The van der Waals surface area contributed by atoms with Crippen LogP contribution in [0.5, 0.6) is 0 Å². The zero-order chi connectivity index (χ0) is 21.1. The van der Waals surface area contributed by atoms with Crippen LogP contribution in [0.2, 0.25) is 0 Å². The maximum absolute atomic E-state index is 12.5. The average Bonchev–Trinajstić information content (AvgIpc) is 3.66. The summed E-state index contributed by atoms with van der Waals surface area (Å²) in [6.45, 7) is 4.99. The normalized spacial score (nSPS) is 36.3. The van der Waals surface area contributed by atoms with Gasteiger partial charge in [-0.3, -0.25) is 9.59 Å². The molecule has 0 amide bonds.